The van der Waals surface area contributed by atoms with Gasteiger partial charge in [0.05, 0.1) is 6.61 Å². The number of allylic oxidation sites excluding steroid dienone is 2. The number of rotatable bonds is 30. The highest BCUT2D eigenvalue weighted by atomic mass is 16.5. The molecule has 0 saturated carbocycles. The molecule has 0 aliphatic carbocycles. The molecule has 0 radical (unpaired) electrons. The van der Waals surface area contributed by atoms with E-state index in [9.17, 15) is 14.4 Å². The van der Waals surface area contributed by atoms with Crippen LogP contribution in [0.4, 0.5) is 0 Å². The zero-order chi connectivity index (χ0) is 35.6. The minimum atomic E-state index is -1.35. The van der Waals surface area contributed by atoms with Crippen molar-refractivity contribution in [2.45, 2.75) is 167 Å². The van der Waals surface area contributed by atoms with E-state index in [1.165, 1.54) is 96.2 Å². The van der Waals surface area contributed by atoms with Crippen molar-refractivity contribution in [1.82, 2.24) is 10.6 Å². The van der Waals surface area contributed by atoms with E-state index in [1.807, 2.05) is 13.8 Å². The third-order valence-corrected chi connectivity index (χ3v) is 9.26. The van der Waals surface area contributed by atoms with E-state index in [4.69, 9.17) is 15.2 Å². The predicted octanol–water partition coefficient (Wildman–Crippen LogP) is 7.08. The highest BCUT2D eigenvalue weighted by Crippen LogP contribution is 2.16. The second-order valence-electron chi connectivity index (χ2n) is 13.6. The van der Waals surface area contributed by atoms with Gasteiger partial charge in [0.1, 0.15) is 19.0 Å². The summed E-state index contributed by atoms with van der Waals surface area (Å²) in [5.41, 5.74) is 6.07. The van der Waals surface area contributed by atoms with Crippen LogP contribution in [0.3, 0.4) is 0 Å². The van der Waals surface area contributed by atoms with Crippen LogP contribution in [0.15, 0.2) is 27.1 Å². The van der Waals surface area contributed by atoms with E-state index in [0.29, 0.717) is 25.8 Å². The van der Waals surface area contributed by atoms with Crippen LogP contribution in [0, 0.1) is 5.92 Å². The Hall–Kier alpha value is -2.92. The second-order valence-corrected chi connectivity index (χ2v) is 13.6. The summed E-state index contributed by atoms with van der Waals surface area (Å²) in [5, 5.41) is 6.00. The Morgan fingerprint density at radius 1 is 0.878 bits per heavy atom. The monoisotopic (exact) mass is 687 g/mol. The topological polar surface area (TPSA) is 157 Å². The van der Waals surface area contributed by atoms with E-state index in [0.717, 1.165) is 25.7 Å². The second kappa shape index (κ2) is 26.0. The lowest BCUT2D eigenvalue weighted by atomic mass is 10.0. The average molecular weight is 687 g/mol. The zero-order valence-electron chi connectivity index (χ0n) is 30.8. The number of unbranched alkanes of at least 4 members (excludes halogenated alkanes) is 16. The van der Waals surface area contributed by atoms with Gasteiger partial charge in [-0.25, -0.2) is 15.0 Å². The summed E-state index contributed by atoms with van der Waals surface area (Å²) in [7, 11) is 0. The lowest BCUT2D eigenvalue weighted by Crippen LogP contribution is -2.65. The maximum absolute atomic E-state index is 12.7. The molecule has 0 fully saturated rings. The van der Waals surface area contributed by atoms with Crippen LogP contribution in [0.2, 0.25) is 0 Å². The number of nitrogens with two attached hydrogens (primary N) is 1. The van der Waals surface area contributed by atoms with Crippen molar-refractivity contribution >= 4 is 35.7 Å². The summed E-state index contributed by atoms with van der Waals surface area (Å²) in [6, 6.07) is -0.630. The Balaban J connectivity index is 1.56. The molecule has 1 amide bonds. The Morgan fingerprint density at radius 3 is 2.12 bits per heavy atom. The van der Waals surface area contributed by atoms with Gasteiger partial charge in [0.15, 0.2) is 11.5 Å². The van der Waals surface area contributed by atoms with Gasteiger partial charge in [-0.05, 0) is 57.4 Å². The fourth-order valence-electron chi connectivity index (χ4n) is 5.74. The Morgan fingerprint density at radius 2 is 1.49 bits per heavy atom. The molecule has 2 aliphatic heterocycles. The third-order valence-electron chi connectivity index (χ3n) is 9.26. The van der Waals surface area contributed by atoms with Crippen LogP contribution in [0.1, 0.15) is 156 Å². The number of ether oxygens (including phenoxy) is 2. The quantitative estimate of drug-likeness (QED) is 0.0414. The van der Waals surface area contributed by atoms with Crippen LogP contribution in [0.5, 0.6) is 0 Å². The van der Waals surface area contributed by atoms with Crippen LogP contribution in [-0.2, 0) is 23.9 Å². The van der Waals surface area contributed by atoms with Crippen LogP contribution < -0.4 is 16.4 Å². The van der Waals surface area contributed by atoms with Gasteiger partial charge in [0.25, 0.3) is 5.91 Å². The number of hydrogen-bond donors (Lipinski definition) is 3. The first kappa shape index (κ1) is 42.2. The number of aliphatic imine (C=N–C) groups is 3. The van der Waals surface area contributed by atoms with Gasteiger partial charge in [0, 0.05) is 6.42 Å². The van der Waals surface area contributed by atoms with Crippen molar-refractivity contribution in [3.63, 3.8) is 0 Å². The molecule has 0 spiro atoms. The highest BCUT2D eigenvalue weighted by molar-refractivity contribution is 6.69. The molecule has 2 aliphatic rings. The lowest BCUT2D eigenvalue weighted by molar-refractivity contribution is -0.147. The molecule has 0 aromatic heterocycles. The number of carbonyl (C=O) groups is 3. The smallest absolute Gasteiger partial charge is 0.323 e. The number of carbonyl (C=O) groups excluding carboxylic acids is 3. The fraction of sp³-hybridized carbons (Fsp3) is 0.789. The SMILES string of the molecule is CCCCCCCCC=CCCCCCCCCCCCC(=O)OCC1(NCCCCOC(=O)[C@@H](N)[C@@H](C)CC)N=C2N=CN=C2C(=O)N1. The molecule has 0 aromatic rings. The van der Waals surface area contributed by atoms with Crippen molar-refractivity contribution in [3.05, 3.63) is 12.2 Å². The Bertz CT molecular complexity index is 1090. The standard InChI is InChI=1S/C38H66N6O5/c1-4-6-7-8-9-10-11-12-13-14-15-16-17-18-19-20-21-22-23-26-32(45)49-29-38(43-35-34(36(46)44-38)40-30-41-35)42-27-24-25-28-48-37(47)33(39)31(3)5-2/h12-13,30-31,33,42H,4-11,14-29,39H2,1-3H3,(H,44,46)/t31-,33-,38?/m0/s1. The summed E-state index contributed by atoms with van der Waals surface area (Å²) < 4.78 is 10.9. The van der Waals surface area contributed by atoms with Crippen molar-refractivity contribution in [2.75, 3.05) is 19.8 Å². The normalized spacial score (nSPS) is 18.2. The minimum absolute atomic E-state index is 0.0550. The summed E-state index contributed by atoms with van der Waals surface area (Å²) in [6.45, 7) is 6.67. The fourth-order valence-corrected chi connectivity index (χ4v) is 5.74. The van der Waals surface area contributed by atoms with Gasteiger partial charge >= 0.3 is 11.9 Å². The molecular weight excluding hydrogens is 620 g/mol. The minimum Gasteiger partial charge on any atom is -0.465 e. The van der Waals surface area contributed by atoms with Crippen LogP contribution in [-0.4, -0.2) is 67.3 Å². The Kier molecular flexibility index (Phi) is 22.4. The van der Waals surface area contributed by atoms with Gasteiger partial charge < -0.3 is 20.5 Å². The van der Waals surface area contributed by atoms with Gasteiger partial charge in [-0.2, -0.15) is 0 Å². The molecule has 0 aromatic carbocycles. The van der Waals surface area contributed by atoms with E-state index in [2.05, 4.69) is 44.7 Å². The molecule has 0 bridgehead atoms. The molecular formula is C38H66N6O5. The van der Waals surface area contributed by atoms with Crippen LogP contribution in [0.25, 0.3) is 0 Å². The van der Waals surface area contributed by atoms with Gasteiger partial charge in [-0.3, -0.25) is 19.7 Å². The Labute approximate surface area is 295 Å². The van der Waals surface area contributed by atoms with E-state index in [-0.39, 0.29) is 36.6 Å². The average Bonchev–Trinajstić information content (AvgIpc) is 3.58. The molecule has 11 heteroatoms. The summed E-state index contributed by atoms with van der Waals surface area (Å²) in [4.78, 5) is 50.0. The molecule has 0 saturated heterocycles. The summed E-state index contributed by atoms with van der Waals surface area (Å²) in [5.74, 6) is -2.24. The number of nitrogens with zero attached hydrogens (tertiary/aromatic N) is 3. The lowest BCUT2D eigenvalue weighted by Gasteiger charge is -2.34. The maximum Gasteiger partial charge on any atom is 0.323 e. The van der Waals surface area contributed by atoms with Gasteiger partial charge in [-0.15, -0.1) is 0 Å². The van der Waals surface area contributed by atoms with Gasteiger partial charge in [-0.1, -0.05) is 116 Å². The molecule has 2 heterocycles. The molecule has 1 unspecified atom stereocenters. The molecule has 11 nitrogen and oxygen atoms in total. The first-order valence-electron chi connectivity index (χ1n) is 19.3. The summed E-state index contributed by atoms with van der Waals surface area (Å²) in [6.07, 6.45) is 29.5. The van der Waals surface area contributed by atoms with Crippen molar-refractivity contribution in [3.8, 4) is 0 Å². The van der Waals surface area contributed by atoms with Crippen molar-refractivity contribution in [1.29, 1.82) is 0 Å². The zero-order valence-corrected chi connectivity index (χ0v) is 30.8. The number of amides is 1. The number of hydrogen-bond acceptors (Lipinski definition) is 10. The van der Waals surface area contributed by atoms with E-state index >= 15 is 0 Å². The van der Waals surface area contributed by atoms with Gasteiger partial charge in [0.2, 0.25) is 5.79 Å². The maximum atomic E-state index is 12.7. The van der Waals surface area contributed by atoms with Crippen molar-refractivity contribution in [2.24, 2.45) is 26.6 Å². The van der Waals surface area contributed by atoms with Crippen LogP contribution >= 0.6 is 0 Å². The largest absolute Gasteiger partial charge is 0.465 e. The number of nitrogens with one attached hydrogen (secondary N) is 2. The predicted molar refractivity (Wildman–Crippen MR) is 199 cm³/mol. The third kappa shape index (κ3) is 18.1. The first-order chi connectivity index (χ1) is 23.8. The highest BCUT2D eigenvalue weighted by Gasteiger charge is 2.41. The van der Waals surface area contributed by atoms with Crippen molar-refractivity contribution < 1.29 is 23.9 Å². The molecule has 2 rings (SSSR count). The van der Waals surface area contributed by atoms with E-state index < -0.39 is 23.7 Å². The number of fused-ring (bicyclic) bond motifs is 1. The molecule has 4 N–H and O–H groups in total. The molecule has 278 valence electrons. The molecule has 49 heavy (non-hydrogen) atoms. The molecule has 3 atom stereocenters. The number of esters is 2. The van der Waals surface area contributed by atoms with E-state index in [1.54, 1.807) is 0 Å². The summed E-state index contributed by atoms with van der Waals surface area (Å²) >= 11 is 0. The number of amidine groups is 1. The first-order valence-corrected chi connectivity index (χ1v) is 19.3.